The number of ether oxygens (including phenoxy) is 2. The van der Waals surface area contributed by atoms with Gasteiger partial charge in [0.2, 0.25) is 5.82 Å². The lowest BCUT2D eigenvalue weighted by Crippen LogP contribution is -2.43. The Morgan fingerprint density at radius 2 is 1.86 bits per heavy atom. The lowest BCUT2D eigenvalue weighted by molar-refractivity contribution is -0.137. The van der Waals surface area contributed by atoms with Gasteiger partial charge in [0.05, 0.1) is 12.9 Å². The van der Waals surface area contributed by atoms with Crippen molar-refractivity contribution in [3.8, 4) is 11.8 Å². The number of carbonyl (C=O) groups is 2. The molecule has 13 heteroatoms. The molecule has 2 aromatic heterocycles. The van der Waals surface area contributed by atoms with Crippen LogP contribution in [-0.2, 0) is 20.7 Å². The van der Waals surface area contributed by atoms with Crippen molar-refractivity contribution in [3.63, 3.8) is 0 Å². The summed E-state index contributed by atoms with van der Waals surface area (Å²) in [4.78, 5) is 39.7. The summed E-state index contributed by atoms with van der Waals surface area (Å²) in [6.45, 7) is 1.57. The van der Waals surface area contributed by atoms with Gasteiger partial charge in [-0.2, -0.15) is 0 Å². The highest BCUT2D eigenvalue weighted by Gasteiger charge is 2.48. The summed E-state index contributed by atoms with van der Waals surface area (Å²) in [6, 6.07) is 10.0. The summed E-state index contributed by atoms with van der Waals surface area (Å²) in [6.07, 6.45) is 0.664. The predicted molar refractivity (Wildman–Crippen MR) is 154 cm³/mol. The number of benzene rings is 1. The molecule has 3 aromatic rings. The minimum atomic E-state index is -1.41. The van der Waals surface area contributed by atoms with Crippen molar-refractivity contribution in [2.75, 3.05) is 25.4 Å². The number of carbonyl (C=O) groups excluding carboxylic acids is 2. The molecule has 1 unspecified atom stereocenters. The average Bonchev–Trinajstić information content (AvgIpc) is 3.65. The van der Waals surface area contributed by atoms with E-state index in [0.29, 0.717) is 44.0 Å². The first-order valence-electron chi connectivity index (χ1n) is 14.6. The third-order valence-electron chi connectivity index (χ3n) is 8.07. The molecule has 43 heavy (non-hydrogen) atoms. The second-order valence-corrected chi connectivity index (χ2v) is 11.3. The highest BCUT2D eigenvalue weighted by molar-refractivity contribution is 5.83. The van der Waals surface area contributed by atoms with Crippen LogP contribution in [0.4, 0.5) is 10.6 Å². The molecule has 1 aromatic carbocycles. The van der Waals surface area contributed by atoms with Crippen molar-refractivity contribution < 1.29 is 29.3 Å². The van der Waals surface area contributed by atoms with Crippen molar-refractivity contribution in [2.45, 2.75) is 69.1 Å². The number of aromatic nitrogens is 4. The average molecular weight is 590 g/mol. The van der Waals surface area contributed by atoms with E-state index in [1.807, 2.05) is 30.3 Å². The van der Waals surface area contributed by atoms with E-state index < -0.39 is 30.4 Å². The highest BCUT2D eigenvalue weighted by atomic mass is 16.6. The van der Waals surface area contributed by atoms with E-state index in [1.165, 1.54) is 10.9 Å². The van der Waals surface area contributed by atoms with Crippen LogP contribution in [0.15, 0.2) is 36.7 Å². The SMILES string of the molecule is Nc1nc(C#CCC2CCN(C(=O)OCCc3ccccc3)CC2)nc2c1ncn2[C@@H]1O[C@H](C(=O)NC2CC2)[C@H](O)C1O. The molecule has 2 aliphatic heterocycles. The molecule has 3 aliphatic rings. The van der Waals surface area contributed by atoms with Gasteiger partial charge in [-0.05, 0) is 43.1 Å². The molecule has 1 saturated carbocycles. The van der Waals surface area contributed by atoms with Gasteiger partial charge in [0.25, 0.3) is 5.91 Å². The molecule has 4 heterocycles. The molecule has 3 fully saturated rings. The van der Waals surface area contributed by atoms with Gasteiger partial charge in [-0.1, -0.05) is 36.3 Å². The summed E-state index contributed by atoms with van der Waals surface area (Å²) in [5.74, 6) is 6.25. The minimum absolute atomic E-state index is 0.0847. The largest absolute Gasteiger partial charge is 0.449 e. The third-order valence-corrected chi connectivity index (χ3v) is 8.07. The number of nitrogens with zero attached hydrogens (tertiary/aromatic N) is 5. The van der Waals surface area contributed by atoms with E-state index in [-0.39, 0.29) is 29.4 Å². The highest BCUT2D eigenvalue weighted by Crippen LogP contribution is 2.33. The Kier molecular flexibility index (Phi) is 8.42. The molecule has 6 rings (SSSR count). The monoisotopic (exact) mass is 589 g/mol. The van der Waals surface area contributed by atoms with Crippen molar-refractivity contribution in [1.29, 1.82) is 0 Å². The van der Waals surface area contributed by atoms with Crippen LogP contribution < -0.4 is 11.1 Å². The van der Waals surface area contributed by atoms with Gasteiger partial charge in [0.15, 0.2) is 23.8 Å². The van der Waals surface area contributed by atoms with Gasteiger partial charge >= 0.3 is 6.09 Å². The molecule has 13 nitrogen and oxygen atoms in total. The number of nitrogens with one attached hydrogen (secondary N) is 1. The second kappa shape index (κ2) is 12.5. The lowest BCUT2D eigenvalue weighted by atomic mass is 9.94. The molecule has 4 atom stereocenters. The Balaban J connectivity index is 1.04. The van der Waals surface area contributed by atoms with E-state index in [1.54, 1.807) is 4.90 Å². The number of piperidine rings is 1. The fourth-order valence-corrected chi connectivity index (χ4v) is 5.38. The molecule has 1 aliphatic carbocycles. The first-order chi connectivity index (χ1) is 20.9. The van der Waals surface area contributed by atoms with Crippen molar-refractivity contribution >= 4 is 29.0 Å². The molecule has 0 bridgehead atoms. The smallest absolute Gasteiger partial charge is 0.409 e. The topological polar surface area (TPSA) is 178 Å². The van der Waals surface area contributed by atoms with E-state index in [0.717, 1.165) is 31.2 Å². The normalized spacial score (nSPS) is 24.0. The number of imidazole rings is 1. The van der Waals surface area contributed by atoms with Gasteiger partial charge in [-0.3, -0.25) is 9.36 Å². The summed E-state index contributed by atoms with van der Waals surface area (Å²) in [7, 11) is 0. The number of aliphatic hydroxyl groups is 2. The molecular formula is C30H35N7O6. The van der Waals surface area contributed by atoms with Gasteiger partial charge < -0.3 is 35.6 Å². The molecule has 2 saturated heterocycles. The maximum Gasteiger partial charge on any atom is 0.409 e. The van der Waals surface area contributed by atoms with Crippen LogP contribution in [0.25, 0.3) is 11.2 Å². The number of likely N-dealkylation sites (tertiary alicyclic amines) is 1. The summed E-state index contributed by atoms with van der Waals surface area (Å²) < 4.78 is 12.7. The van der Waals surface area contributed by atoms with Crippen LogP contribution >= 0.6 is 0 Å². The molecule has 0 spiro atoms. The van der Waals surface area contributed by atoms with Crippen LogP contribution in [0.2, 0.25) is 0 Å². The minimum Gasteiger partial charge on any atom is -0.449 e. The van der Waals surface area contributed by atoms with Crippen LogP contribution in [0.5, 0.6) is 0 Å². The summed E-state index contributed by atoms with van der Waals surface area (Å²) in [5.41, 5.74) is 7.83. The standard InChI is InChI=1S/C30H35N7O6/c31-26-22-27(37(17-32-22)29-24(39)23(38)25(43-29)28(40)33-20-9-10-20)35-21(34-26)8-4-7-19-11-14-36(15-12-19)30(41)42-16-13-18-5-2-1-3-6-18/h1-3,5-6,17,19-20,23-25,29,38-39H,7,9-16H2,(H,33,40)(H2,31,34,35)/t23-,24?,25+,29-/m1/s1. The number of nitrogens with two attached hydrogens (primary N) is 1. The zero-order valence-electron chi connectivity index (χ0n) is 23.6. The van der Waals surface area contributed by atoms with Crippen LogP contribution in [0.3, 0.4) is 0 Å². The summed E-state index contributed by atoms with van der Waals surface area (Å²) >= 11 is 0. The zero-order valence-corrected chi connectivity index (χ0v) is 23.6. The van der Waals surface area contributed by atoms with Crippen molar-refractivity contribution in [2.24, 2.45) is 5.92 Å². The molecule has 2 amide bonds. The number of nitrogen functional groups attached to an aromatic ring is 1. The molecule has 0 radical (unpaired) electrons. The Hall–Kier alpha value is -4.25. The quantitative estimate of drug-likeness (QED) is 0.292. The predicted octanol–water partition coefficient (Wildman–Crippen LogP) is 1.14. The van der Waals surface area contributed by atoms with E-state index in [2.05, 4.69) is 32.1 Å². The van der Waals surface area contributed by atoms with Crippen molar-refractivity contribution in [1.82, 2.24) is 29.7 Å². The summed E-state index contributed by atoms with van der Waals surface area (Å²) in [5, 5.41) is 24.0. The number of rotatable bonds is 7. The molecule has 5 N–H and O–H groups in total. The fourth-order valence-electron chi connectivity index (χ4n) is 5.38. The van der Waals surface area contributed by atoms with Gasteiger partial charge in [-0.25, -0.2) is 19.7 Å². The Morgan fingerprint density at radius 3 is 2.60 bits per heavy atom. The first-order valence-corrected chi connectivity index (χ1v) is 14.6. The van der Waals surface area contributed by atoms with Gasteiger partial charge in [0, 0.05) is 32.0 Å². The first kappa shape index (κ1) is 28.9. The van der Waals surface area contributed by atoms with Crippen molar-refractivity contribution in [3.05, 3.63) is 48.0 Å². The number of hydrogen-bond donors (Lipinski definition) is 4. The van der Waals surface area contributed by atoms with E-state index in [9.17, 15) is 19.8 Å². The number of amides is 2. The number of hydrogen-bond acceptors (Lipinski definition) is 10. The van der Waals surface area contributed by atoms with Crippen LogP contribution in [0.1, 0.15) is 49.7 Å². The maximum absolute atomic E-state index is 12.5. The Bertz CT molecular complexity index is 1520. The molecule has 226 valence electrons. The lowest BCUT2D eigenvalue weighted by Gasteiger charge is -2.30. The fraction of sp³-hybridized carbons (Fsp3) is 0.500. The number of anilines is 1. The van der Waals surface area contributed by atoms with Crippen LogP contribution in [0, 0.1) is 17.8 Å². The number of fused-ring (bicyclic) bond motifs is 1. The van der Waals surface area contributed by atoms with Gasteiger partial charge in [0.1, 0.15) is 17.7 Å². The number of aliphatic hydroxyl groups excluding tert-OH is 2. The maximum atomic E-state index is 12.5. The second-order valence-electron chi connectivity index (χ2n) is 11.3. The van der Waals surface area contributed by atoms with E-state index >= 15 is 0 Å². The molecular weight excluding hydrogens is 554 g/mol. The Labute approximate surface area is 248 Å². The zero-order chi connectivity index (χ0) is 29.9. The third kappa shape index (κ3) is 6.56. The van der Waals surface area contributed by atoms with Gasteiger partial charge in [-0.15, -0.1) is 0 Å². The Morgan fingerprint density at radius 1 is 1.09 bits per heavy atom. The van der Waals surface area contributed by atoms with Crippen LogP contribution in [-0.4, -0.2) is 90.7 Å². The van der Waals surface area contributed by atoms with E-state index in [4.69, 9.17) is 15.2 Å².